The Morgan fingerprint density at radius 1 is 1.24 bits per heavy atom. The van der Waals surface area contributed by atoms with Gasteiger partial charge in [0.25, 0.3) is 0 Å². The molecule has 1 N–H and O–H groups in total. The Hall–Kier alpha value is -1.14. The molecule has 1 saturated heterocycles. The minimum Gasteiger partial charge on any atom is -0.406 e. The smallest absolute Gasteiger partial charge is 0.318 e. The van der Waals surface area contributed by atoms with E-state index in [9.17, 15) is 0 Å². The van der Waals surface area contributed by atoms with Crippen molar-refractivity contribution in [2.24, 2.45) is 0 Å². The zero-order valence-corrected chi connectivity index (χ0v) is 10.8. The summed E-state index contributed by atoms with van der Waals surface area (Å²) in [6.07, 6.45) is 1.13. The van der Waals surface area contributed by atoms with E-state index in [4.69, 9.17) is 4.42 Å². The van der Waals surface area contributed by atoms with E-state index in [1.807, 2.05) is 14.0 Å². The molecule has 96 valence electrons. The first kappa shape index (κ1) is 12.3. The number of rotatable bonds is 3. The number of likely N-dealkylation sites (N-methyl/N-ethyl adjacent to an activating group) is 1. The number of hydrogen-bond acceptors (Lipinski definition) is 6. The Morgan fingerprint density at radius 3 is 2.82 bits per heavy atom. The molecular weight excluding hydrogens is 218 g/mol. The lowest BCUT2D eigenvalue weighted by atomic mass is 10.3. The summed E-state index contributed by atoms with van der Waals surface area (Å²) in [6.45, 7) is 6.11. The molecular formula is C11H21N5O. The highest BCUT2D eigenvalue weighted by atomic mass is 16.4. The van der Waals surface area contributed by atoms with Gasteiger partial charge < -0.3 is 19.5 Å². The molecule has 1 aromatic rings. The Kier molecular flexibility index (Phi) is 3.96. The van der Waals surface area contributed by atoms with Crippen LogP contribution in [-0.2, 0) is 0 Å². The van der Waals surface area contributed by atoms with Gasteiger partial charge in [-0.05, 0) is 34.0 Å². The van der Waals surface area contributed by atoms with Crippen LogP contribution in [0.15, 0.2) is 4.42 Å². The summed E-state index contributed by atoms with van der Waals surface area (Å²) in [5, 5.41) is 11.3. The van der Waals surface area contributed by atoms with Gasteiger partial charge in [-0.2, -0.15) is 0 Å². The minimum absolute atomic E-state index is 0.103. The lowest BCUT2D eigenvalue weighted by Crippen LogP contribution is -2.28. The molecule has 0 bridgehead atoms. The molecule has 0 spiro atoms. The van der Waals surface area contributed by atoms with E-state index in [0.29, 0.717) is 11.9 Å². The van der Waals surface area contributed by atoms with Crippen molar-refractivity contribution in [1.29, 1.82) is 0 Å². The molecule has 2 heterocycles. The SMILES string of the molecule is CNC(C)c1nnc(N2CCCN(C)CC2)o1. The molecule has 0 aliphatic carbocycles. The van der Waals surface area contributed by atoms with Gasteiger partial charge in [-0.3, -0.25) is 0 Å². The summed E-state index contributed by atoms with van der Waals surface area (Å²) >= 11 is 0. The second-order valence-corrected chi connectivity index (χ2v) is 4.58. The molecule has 0 radical (unpaired) electrons. The quantitative estimate of drug-likeness (QED) is 0.828. The van der Waals surface area contributed by atoms with Crippen molar-refractivity contribution in [3.63, 3.8) is 0 Å². The van der Waals surface area contributed by atoms with Gasteiger partial charge in [-0.25, -0.2) is 0 Å². The van der Waals surface area contributed by atoms with Crippen LogP contribution in [0.1, 0.15) is 25.3 Å². The molecule has 0 saturated carbocycles. The van der Waals surface area contributed by atoms with E-state index >= 15 is 0 Å². The van der Waals surface area contributed by atoms with Crippen molar-refractivity contribution < 1.29 is 4.42 Å². The van der Waals surface area contributed by atoms with Crippen LogP contribution in [0.25, 0.3) is 0 Å². The molecule has 6 heteroatoms. The third-order valence-corrected chi connectivity index (χ3v) is 3.22. The van der Waals surface area contributed by atoms with E-state index < -0.39 is 0 Å². The number of nitrogens with zero attached hydrogens (tertiary/aromatic N) is 4. The van der Waals surface area contributed by atoms with Gasteiger partial charge in [0.2, 0.25) is 5.89 Å². The van der Waals surface area contributed by atoms with Gasteiger partial charge in [0, 0.05) is 19.6 Å². The third kappa shape index (κ3) is 2.95. The van der Waals surface area contributed by atoms with Crippen LogP contribution in [0.3, 0.4) is 0 Å². The fourth-order valence-electron chi connectivity index (χ4n) is 1.89. The van der Waals surface area contributed by atoms with E-state index in [0.717, 1.165) is 32.6 Å². The Morgan fingerprint density at radius 2 is 2.06 bits per heavy atom. The number of nitrogens with one attached hydrogen (secondary N) is 1. The second kappa shape index (κ2) is 5.46. The monoisotopic (exact) mass is 239 g/mol. The molecule has 0 amide bonds. The molecule has 17 heavy (non-hydrogen) atoms. The fraction of sp³-hybridized carbons (Fsp3) is 0.818. The van der Waals surface area contributed by atoms with Gasteiger partial charge in [-0.15, -0.1) is 5.10 Å². The number of aromatic nitrogens is 2. The Labute approximate surface area is 102 Å². The van der Waals surface area contributed by atoms with E-state index in [1.165, 1.54) is 0 Å². The molecule has 1 fully saturated rings. The van der Waals surface area contributed by atoms with E-state index in [1.54, 1.807) is 0 Å². The molecule has 6 nitrogen and oxygen atoms in total. The largest absolute Gasteiger partial charge is 0.406 e. The van der Waals surface area contributed by atoms with Crippen molar-refractivity contribution in [2.45, 2.75) is 19.4 Å². The minimum atomic E-state index is 0.103. The summed E-state index contributed by atoms with van der Waals surface area (Å²) < 4.78 is 5.69. The lowest BCUT2D eigenvalue weighted by molar-refractivity contribution is 0.359. The standard InChI is InChI=1S/C11H21N5O/c1-9(12-2)10-13-14-11(17-10)16-6-4-5-15(3)7-8-16/h9,12H,4-8H2,1-3H3. The predicted molar refractivity (Wildman–Crippen MR) is 66.1 cm³/mol. The molecule has 1 aliphatic rings. The number of hydrogen-bond donors (Lipinski definition) is 1. The van der Waals surface area contributed by atoms with Crippen molar-refractivity contribution in [2.75, 3.05) is 45.2 Å². The summed E-state index contributed by atoms with van der Waals surface area (Å²) in [7, 11) is 4.03. The molecule has 1 aliphatic heterocycles. The highest BCUT2D eigenvalue weighted by Gasteiger charge is 2.19. The van der Waals surface area contributed by atoms with Gasteiger partial charge in [0.15, 0.2) is 0 Å². The summed E-state index contributed by atoms with van der Waals surface area (Å²) in [6, 6.07) is 0.753. The molecule has 1 aromatic heterocycles. The maximum atomic E-state index is 5.69. The van der Waals surface area contributed by atoms with Crippen LogP contribution in [0.4, 0.5) is 6.01 Å². The van der Waals surface area contributed by atoms with Crippen LogP contribution in [0.2, 0.25) is 0 Å². The number of anilines is 1. The second-order valence-electron chi connectivity index (χ2n) is 4.58. The highest BCUT2D eigenvalue weighted by Crippen LogP contribution is 2.18. The average Bonchev–Trinajstić information content (AvgIpc) is 2.72. The first-order chi connectivity index (χ1) is 8.20. The Balaban J connectivity index is 2.03. The van der Waals surface area contributed by atoms with Gasteiger partial charge in [-0.1, -0.05) is 5.10 Å². The van der Waals surface area contributed by atoms with Crippen molar-refractivity contribution in [3.8, 4) is 0 Å². The lowest BCUT2D eigenvalue weighted by Gasteiger charge is -2.17. The first-order valence-electron chi connectivity index (χ1n) is 6.15. The maximum Gasteiger partial charge on any atom is 0.318 e. The third-order valence-electron chi connectivity index (χ3n) is 3.22. The summed E-state index contributed by atoms with van der Waals surface area (Å²) in [5.41, 5.74) is 0. The van der Waals surface area contributed by atoms with Crippen molar-refractivity contribution in [3.05, 3.63) is 5.89 Å². The maximum absolute atomic E-state index is 5.69. The zero-order chi connectivity index (χ0) is 12.3. The van der Waals surface area contributed by atoms with Crippen LogP contribution in [0, 0.1) is 0 Å². The van der Waals surface area contributed by atoms with Gasteiger partial charge in [0.1, 0.15) is 0 Å². The van der Waals surface area contributed by atoms with Crippen molar-refractivity contribution in [1.82, 2.24) is 20.4 Å². The summed E-state index contributed by atoms with van der Waals surface area (Å²) in [5.74, 6) is 0.653. The average molecular weight is 239 g/mol. The van der Waals surface area contributed by atoms with Gasteiger partial charge >= 0.3 is 6.01 Å². The Bertz CT molecular complexity index is 353. The molecule has 1 atom stereocenters. The first-order valence-corrected chi connectivity index (χ1v) is 6.15. The van der Waals surface area contributed by atoms with Crippen LogP contribution >= 0.6 is 0 Å². The van der Waals surface area contributed by atoms with E-state index in [2.05, 4.69) is 32.4 Å². The van der Waals surface area contributed by atoms with Crippen LogP contribution < -0.4 is 10.2 Å². The molecule has 1 unspecified atom stereocenters. The van der Waals surface area contributed by atoms with Crippen molar-refractivity contribution >= 4 is 6.01 Å². The highest BCUT2D eigenvalue weighted by molar-refractivity contribution is 5.24. The van der Waals surface area contributed by atoms with Gasteiger partial charge in [0.05, 0.1) is 6.04 Å². The normalized spacial score (nSPS) is 20.3. The topological polar surface area (TPSA) is 57.4 Å². The van der Waals surface area contributed by atoms with E-state index in [-0.39, 0.29) is 6.04 Å². The zero-order valence-electron chi connectivity index (χ0n) is 10.8. The van der Waals surface area contributed by atoms with Crippen LogP contribution in [-0.4, -0.2) is 55.4 Å². The molecule has 0 aromatic carbocycles. The van der Waals surface area contributed by atoms with Crippen LogP contribution in [0.5, 0.6) is 0 Å². The fourth-order valence-corrected chi connectivity index (χ4v) is 1.89. The predicted octanol–water partition coefficient (Wildman–Crippen LogP) is 0.492. The molecule has 2 rings (SSSR count). The summed E-state index contributed by atoms with van der Waals surface area (Å²) in [4.78, 5) is 4.50.